The smallest absolute Gasteiger partial charge is 0.0350 e. The Bertz CT molecular complexity index is 337. The highest BCUT2D eigenvalue weighted by atomic mass is 14.6. The number of nitrogens with two attached hydrogens (primary N) is 1. The maximum atomic E-state index is 5.84. The Kier molecular flexibility index (Phi) is 2.76. The van der Waals surface area contributed by atoms with Crippen LogP contribution >= 0.6 is 0 Å². The van der Waals surface area contributed by atoms with Gasteiger partial charge in [0.1, 0.15) is 0 Å². The maximum Gasteiger partial charge on any atom is 0.0350 e. The Balaban J connectivity index is 3.23. The van der Waals surface area contributed by atoms with Crippen molar-refractivity contribution in [2.45, 2.75) is 27.2 Å². The summed E-state index contributed by atoms with van der Waals surface area (Å²) in [5.41, 5.74) is 11.5. The second kappa shape index (κ2) is 3.65. The Hall–Kier alpha value is -1.24. The fraction of sp³-hybridized carbons (Fsp3) is 0.333. The molecule has 0 radical (unpaired) electrons. The quantitative estimate of drug-likeness (QED) is 0.686. The molecule has 13 heavy (non-hydrogen) atoms. The Labute approximate surface area is 80.3 Å². The molecule has 0 bridgehead atoms. The van der Waals surface area contributed by atoms with Crippen LogP contribution in [-0.2, 0) is 0 Å². The largest absolute Gasteiger partial charge is 0.398 e. The highest BCUT2D eigenvalue weighted by Crippen LogP contribution is 2.24. The first kappa shape index (κ1) is 9.85. The van der Waals surface area contributed by atoms with Crippen molar-refractivity contribution in [3.63, 3.8) is 0 Å². The molecule has 1 heteroatoms. The molecular formula is C12H17N. The summed E-state index contributed by atoms with van der Waals surface area (Å²) in [5.74, 6) is 0. The summed E-state index contributed by atoms with van der Waals surface area (Å²) in [5, 5.41) is 0. The molecule has 0 saturated carbocycles. The number of rotatable bonds is 2. The number of nitrogen functional groups attached to an aromatic ring is 1. The van der Waals surface area contributed by atoms with E-state index in [-0.39, 0.29) is 0 Å². The van der Waals surface area contributed by atoms with Gasteiger partial charge in [-0.1, -0.05) is 19.6 Å². The standard InChI is InChI=1S/C12H17N/c1-5-8(2)11-7-12(13)10(4)6-9(11)3/h6-7H,2,5,13H2,1,3-4H3. The van der Waals surface area contributed by atoms with Crippen LogP contribution < -0.4 is 5.73 Å². The Morgan fingerprint density at radius 2 is 1.92 bits per heavy atom. The van der Waals surface area contributed by atoms with Gasteiger partial charge in [0.2, 0.25) is 0 Å². The first-order chi connectivity index (χ1) is 6.06. The van der Waals surface area contributed by atoms with E-state index in [2.05, 4.69) is 26.5 Å². The average molecular weight is 175 g/mol. The average Bonchev–Trinajstić information content (AvgIpc) is 2.10. The first-order valence-corrected chi connectivity index (χ1v) is 4.61. The first-order valence-electron chi connectivity index (χ1n) is 4.61. The molecule has 0 aromatic heterocycles. The van der Waals surface area contributed by atoms with Gasteiger partial charge in [-0.05, 0) is 48.6 Å². The zero-order valence-electron chi connectivity index (χ0n) is 8.65. The summed E-state index contributed by atoms with van der Waals surface area (Å²) in [7, 11) is 0. The van der Waals surface area contributed by atoms with Crippen molar-refractivity contribution in [2.75, 3.05) is 5.73 Å². The van der Waals surface area contributed by atoms with Crippen LogP contribution in [0, 0.1) is 13.8 Å². The SMILES string of the molecule is C=C(CC)c1cc(N)c(C)cc1C. The highest BCUT2D eigenvalue weighted by Gasteiger charge is 2.03. The van der Waals surface area contributed by atoms with Gasteiger partial charge < -0.3 is 5.73 Å². The third-order valence-corrected chi connectivity index (χ3v) is 2.42. The molecule has 1 aromatic rings. The molecular weight excluding hydrogens is 158 g/mol. The number of anilines is 1. The van der Waals surface area contributed by atoms with Gasteiger partial charge >= 0.3 is 0 Å². The molecule has 0 aliphatic heterocycles. The van der Waals surface area contributed by atoms with Crippen molar-refractivity contribution in [2.24, 2.45) is 0 Å². The fourth-order valence-electron chi connectivity index (χ4n) is 1.44. The van der Waals surface area contributed by atoms with E-state index in [1.165, 1.54) is 11.1 Å². The maximum absolute atomic E-state index is 5.84. The number of hydrogen-bond donors (Lipinski definition) is 1. The van der Waals surface area contributed by atoms with Gasteiger partial charge in [-0.15, -0.1) is 0 Å². The highest BCUT2D eigenvalue weighted by molar-refractivity contribution is 5.70. The van der Waals surface area contributed by atoms with E-state index in [4.69, 9.17) is 5.73 Å². The summed E-state index contributed by atoms with van der Waals surface area (Å²) >= 11 is 0. The van der Waals surface area contributed by atoms with E-state index in [9.17, 15) is 0 Å². The van der Waals surface area contributed by atoms with Crippen LogP contribution in [0.5, 0.6) is 0 Å². The van der Waals surface area contributed by atoms with Gasteiger partial charge in [0.05, 0.1) is 0 Å². The molecule has 0 saturated heterocycles. The zero-order chi connectivity index (χ0) is 10.0. The van der Waals surface area contributed by atoms with E-state index in [0.29, 0.717) is 0 Å². The molecule has 70 valence electrons. The van der Waals surface area contributed by atoms with E-state index < -0.39 is 0 Å². The molecule has 0 aliphatic rings. The minimum Gasteiger partial charge on any atom is -0.398 e. The van der Waals surface area contributed by atoms with Crippen molar-refractivity contribution in [3.05, 3.63) is 35.4 Å². The molecule has 0 fully saturated rings. The molecule has 2 N–H and O–H groups in total. The summed E-state index contributed by atoms with van der Waals surface area (Å²) < 4.78 is 0. The monoisotopic (exact) mass is 175 g/mol. The molecule has 0 spiro atoms. The van der Waals surface area contributed by atoms with E-state index in [0.717, 1.165) is 23.2 Å². The van der Waals surface area contributed by atoms with Gasteiger partial charge in [-0.2, -0.15) is 0 Å². The van der Waals surface area contributed by atoms with E-state index in [1.807, 2.05) is 13.0 Å². The summed E-state index contributed by atoms with van der Waals surface area (Å²) in [6, 6.07) is 4.14. The van der Waals surface area contributed by atoms with Crippen LogP contribution in [0.15, 0.2) is 18.7 Å². The summed E-state index contributed by atoms with van der Waals surface area (Å²) in [6.07, 6.45) is 0.976. The summed E-state index contributed by atoms with van der Waals surface area (Å²) in [6.45, 7) is 10.3. The zero-order valence-corrected chi connectivity index (χ0v) is 8.65. The van der Waals surface area contributed by atoms with Gasteiger partial charge in [0.15, 0.2) is 0 Å². The molecule has 1 aromatic carbocycles. The molecule has 1 rings (SSSR count). The Morgan fingerprint density at radius 3 is 2.46 bits per heavy atom. The lowest BCUT2D eigenvalue weighted by molar-refractivity contribution is 1.22. The minimum absolute atomic E-state index is 0.857. The lowest BCUT2D eigenvalue weighted by Crippen LogP contribution is -1.94. The van der Waals surface area contributed by atoms with Crippen LogP contribution in [-0.4, -0.2) is 0 Å². The van der Waals surface area contributed by atoms with Crippen molar-refractivity contribution < 1.29 is 0 Å². The number of hydrogen-bond acceptors (Lipinski definition) is 1. The predicted molar refractivity (Wildman–Crippen MR) is 59.7 cm³/mol. The van der Waals surface area contributed by atoms with Gasteiger partial charge in [-0.3, -0.25) is 0 Å². The number of benzene rings is 1. The van der Waals surface area contributed by atoms with Gasteiger partial charge in [-0.25, -0.2) is 0 Å². The van der Waals surface area contributed by atoms with Crippen LogP contribution in [0.3, 0.4) is 0 Å². The van der Waals surface area contributed by atoms with Crippen LogP contribution in [0.1, 0.15) is 30.0 Å². The van der Waals surface area contributed by atoms with Crippen molar-refractivity contribution >= 4 is 11.3 Å². The molecule has 0 unspecified atom stereocenters. The van der Waals surface area contributed by atoms with Crippen molar-refractivity contribution in [1.82, 2.24) is 0 Å². The van der Waals surface area contributed by atoms with Gasteiger partial charge in [0, 0.05) is 5.69 Å². The van der Waals surface area contributed by atoms with Crippen molar-refractivity contribution in [1.29, 1.82) is 0 Å². The lowest BCUT2D eigenvalue weighted by Gasteiger charge is -2.10. The van der Waals surface area contributed by atoms with Crippen LogP contribution in [0.2, 0.25) is 0 Å². The summed E-state index contributed by atoms with van der Waals surface area (Å²) in [4.78, 5) is 0. The molecule has 0 atom stereocenters. The second-order valence-corrected chi connectivity index (χ2v) is 3.48. The minimum atomic E-state index is 0.857. The van der Waals surface area contributed by atoms with Crippen LogP contribution in [0.25, 0.3) is 5.57 Å². The fourth-order valence-corrected chi connectivity index (χ4v) is 1.44. The second-order valence-electron chi connectivity index (χ2n) is 3.48. The van der Waals surface area contributed by atoms with E-state index >= 15 is 0 Å². The molecule has 0 aliphatic carbocycles. The molecule has 0 amide bonds. The van der Waals surface area contributed by atoms with Gasteiger partial charge in [0.25, 0.3) is 0 Å². The molecule has 1 nitrogen and oxygen atoms in total. The Morgan fingerprint density at radius 1 is 1.31 bits per heavy atom. The number of allylic oxidation sites excluding steroid dienone is 1. The predicted octanol–water partition coefficient (Wildman–Crippen LogP) is 3.31. The third kappa shape index (κ3) is 1.92. The molecule has 0 heterocycles. The van der Waals surface area contributed by atoms with Crippen LogP contribution in [0.4, 0.5) is 5.69 Å². The van der Waals surface area contributed by atoms with Crippen molar-refractivity contribution in [3.8, 4) is 0 Å². The topological polar surface area (TPSA) is 26.0 Å². The lowest BCUT2D eigenvalue weighted by atomic mass is 9.97. The number of aryl methyl sites for hydroxylation is 2. The van der Waals surface area contributed by atoms with E-state index in [1.54, 1.807) is 0 Å². The third-order valence-electron chi connectivity index (χ3n) is 2.42. The normalized spacial score (nSPS) is 10.1.